The lowest BCUT2D eigenvalue weighted by atomic mass is 10.0. The standard InChI is InChI=1S/C19H31N3O4S/c1-14(2)17(22-8-10-26-11-9-22)13-20-19(23)16-7-6-15(3)18(12-16)27(24,25)21(4)5/h6-7,12,14,17H,8-11,13H2,1-5H3,(H,20,23). The highest BCUT2D eigenvalue weighted by Gasteiger charge is 2.25. The Bertz CT molecular complexity index is 756. The van der Waals surface area contributed by atoms with Gasteiger partial charge in [0.2, 0.25) is 10.0 Å². The average Bonchev–Trinajstić information content (AvgIpc) is 2.62. The van der Waals surface area contributed by atoms with Crippen molar-refractivity contribution in [1.82, 2.24) is 14.5 Å². The van der Waals surface area contributed by atoms with E-state index in [0.717, 1.165) is 17.4 Å². The van der Waals surface area contributed by atoms with Crippen molar-refractivity contribution >= 4 is 15.9 Å². The van der Waals surface area contributed by atoms with E-state index in [0.29, 0.717) is 36.8 Å². The quantitative estimate of drug-likeness (QED) is 0.751. The first kappa shape index (κ1) is 21.8. The van der Waals surface area contributed by atoms with Gasteiger partial charge in [-0.2, -0.15) is 0 Å². The van der Waals surface area contributed by atoms with Gasteiger partial charge in [-0.1, -0.05) is 19.9 Å². The third-order valence-electron chi connectivity index (χ3n) is 4.96. The normalized spacial score (nSPS) is 17.3. The number of nitrogens with zero attached hydrogens (tertiary/aromatic N) is 2. The molecule has 0 aromatic heterocycles. The third kappa shape index (κ3) is 5.28. The number of hydrogen-bond donors (Lipinski definition) is 1. The summed E-state index contributed by atoms with van der Waals surface area (Å²) in [7, 11) is -0.628. The molecule has 1 amide bonds. The molecule has 1 N–H and O–H groups in total. The van der Waals surface area contributed by atoms with Crippen LogP contribution >= 0.6 is 0 Å². The lowest BCUT2D eigenvalue weighted by Gasteiger charge is -2.36. The second kappa shape index (κ2) is 9.14. The second-order valence-corrected chi connectivity index (χ2v) is 9.56. The van der Waals surface area contributed by atoms with E-state index in [1.54, 1.807) is 19.1 Å². The second-order valence-electron chi connectivity index (χ2n) is 7.44. The van der Waals surface area contributed by atoms with Crippen LogP contribution in [0.3, 0.4) is 0 Å². The lowest BCUT2D eigenvalue weighted by molar-refractivity contribution is 0.00672. The molecule has 1 unspecified atom stereocenters. The Morgan fingerprint density at radius 1 is 1.26 bits per heavy atom. The summed E-state index contributed by atoms with van der Waals surface area (Å²) < 4.78 is 31.5. The molecule has 0 radical (unpaired) electrons. The number of nitrogens with one attached hydrogen (secondary N) is 1. The zero-order chi connectivity index (χ0) is 20.2. The van der Waals surface area contributed by atoms with E-state index in [1.165, 1.54) is 20.2 Å². The molecule has 1 saturated heterocycles. The molecule has 2 rings (SSSR count). The highest BCUT2D eigenvalue weighted by Crippen LogP contribution is 2.20. The summed E-state index contributed by atoms with van der Waals surface area (Å²) >= 11 is 0. The fraction of sp³-hybridized carbons (Fsp3) is 0.632. The van der Waals surface area contributed by atoms with Crippen molar-refractivity contribution < 1.29 is 17.9 Å². The molecular formula is C19H31N3O4S. The van der Waals surface area contributed by atoms with Gasteiger partial charge in [0, 0.05) is 45.3 Å². The Morgan fingerprint density at radius 2 is 1.89 bits per heavy atom. The summed E-state index contributed by atoms with van der Waals surface area (Å²) in [6.07, 6.45) is 0. The van der Waals surface area contributed by atoms with Crippen molar-refractivity contribution in [3.63, 3.8) is 0 Å². The van der Waals surface area contributed by atoms with Gasteiger partial charge >= 0.3 is 0 Å². The van der Waals surface area contributed by atoms with Crippen LogP contribution in [0.1, 0.15) is 29.8 Å². The molecule has 0 spiro atoms. The van der Waals surface area contributed by atoms with E-state index in [4.69, 9.17) is 4.74 Å². The average molecular weight is 398 g/mol. The molecule has 1 aromatic rings. The Hall–Kier alpha value is -1.48. The fourth-order valence-corrected chi connectivity index (χ4v) is 4.36. The summed E-state index contributed by atoms with van der Waals surface area (Å²) in [6, 6.07) is 5.01. The molecule has 1 heterocycles. The molecule has 1 aliphatic rings. The van der Waals surface area contributed by atoms with Gasteiger partial charge in [-0.25, -0.2) is 12.7 Å². The van der Waals surface area contributed by atoms with E-state index in [2.05, 4.69) is 24.1 Å². The Kier molecular flexibility index (Phi) is 7.39. The molecule has 0 bridgehead atoms. The van der Waals surface area contributed by atoms with Crippen LogP contribution in [0.5, 0.6) is 0 Å². The minimum Gasteiger partial charge on any atom is -0.379 e. The molecular weight excluding hydrogens is 366 g/mol. The van der Waals surface area contributed by atoms with E-state index < -0.39 is 10.0 Å². The minimum atomic E-state index is -3.59. The van der Waals surface area contributed by atoms with Crippen molar-refractivity contribution in [1.29, 1.82) is 0 Å². The number of carbonyl (C=O) groups excluding carboxylic acids is 1. The molecule has 1 aliphatic heterocycles. The van der Waals surface area contributed by atoms with Crippen molar-refractivity contribution in [3.8, 4) is 0 Å². The van der Waals surface area contributed by atoms with Gasteiger partial charge in [-0.05, 0) is 30.5 Å². The zero-order valence-electron chi connectivity index (χ0n) is 16.9. The summed E-state index contributed by atoms with van der Waals surface area (Å²) in [5.74, 6) is 0.121. The molecule has 27 heavy (non-hydrogen) atoms. The summed E-state index contributed by atoms with van der Waals surface area (Å²) in [4.78, 5) is 15.2. The topological polar surface area (TPSA) is 79.0 Å². The molecule has 0 saturated carbocycles. The van der Waals surface area contributed by atoms with Crippen LogP contribution in [0, 0.1) is 12.8 Å². The van der Waals surface area contributed by atoms with Crippen LogP contribution in [0.15, 0.2) is 23.1 Å². The van der Waals surface area contributed by atoms with E-state index in [9.17, 15) is 13.2 Å². The number of rotatable bonds is 7. The number of ether oxygens (including phenoxy) is 1. The fourth-order valence-electron chi connectivity index (χ4n) is 3.21. The molecule has 1 fully saturated rings. The molecule has 7 nitrogen and oxygen atoms in total. The predicted molar refractivity (Wildman–Crippen MR) is 105 cm³/mol. The van der Waals surface area contributed by atoms with Gasteiger partial charge < -0.3 is 10.1 Å². The molecule has 1 aromatic carbocycles. The number of sulfonamides is 1. The molecule has 152 valence electrons. The predicted octanol–water partition coefficient (Wildman–Crippen LogP) is 1.33. The van der Waals surface area contributed by atoms with E-state index >= 15 is 0 Å². The molecule has 1 atom stereocenters. The summed E-state index contributed by atoms with van der Waals surface area (Å²) in [5, 5.41) is 2.98. The SMILES string of the molecule is Cc1ccc(C(=O)NCC(C(C)C)N2CCOCC2)cc1S(=O)(=O)N(C)C. The smallest absolute Gasteiger partial charge is 0.251 e. The highest BCUT2D eigenvalue weighted by atomic mass is 32.2. The number of morpholine rings is 1. The van der Waals surface area contributed by atoms with Gasteiger partial charge in [-0.3, -0.25) is 9.69 Å². The maximum atomic E-state index is 12.7. The Morgan fingerprint density at radius 3 is 2.44 bits per heavy atom. The first-order chi connectivity index (χ1) is 12.6. The van der Waals surface area contributed by atoms with Crippen LogP contribution in [0.25, 0.3) is 0 Å². The monoisotopic (exact) mass is 397 g/mol. The first-order valence-electron chi connectivity index (χ1n) is 9.27. The van der Waals surface area contributed by atoms with Gasteiger partial charge in [0.15, 0.2) is 0 Å². The van der Waals surface area contributed by atoms with Gasteiger partial charge in [0.25, 0.3) is 5.91 Å². The lowest BCUT2D eigenvalue weighted by Crippen LogP contribution is -2.51. The third-order valence-corrected chi connectivity index (χ3v) is 6.92. The number of hydrogen-bond acceptors (Lipinski definition) is 5. The van der Waals surface area contributed by atoms with Crippen molar-refractivity contribution in [2.24, 2.45) is 5.92 Å². The van der Waals surface area contributed by atoms with Crippen molar-refractivity contribution in [2.45, 2.75) is 31.7 Å². The largest absolute Gasteiger partial charge is 0.379 e. The van der Waals surface area contributed by atoms with Gasteiger partial charge in [-0.15, -0.1) is 0 Å². The van der Waals surface area contributed by atoms with E-state index in [-0.39, 0.29) is 16.8 Å². The van der Waals surface area contributed by atoms with Crippen molar-refractivity contribution in [2.75, 3.05) is 46.9 Å². The Labute approximate surface area is 162 Å². The van der Waals surface area contributed by atoms with Crippen molar-refractivity contribution in [3.05, 3.63) is 29.3 Å². The maximum Gasteiger partial charge on any atom is 0.251 e. The zero-order valence-corrected chi connectivity index (χ0v) is 17.7. The highest BCUT2D eigenvalue weighted by molar-refractivity contribution is 7.89. The van der Waals surface area contributed by atoms with Crippen LogP contribution in [-0.2, 0) is 14.8 Å². The van der Waals surface area contributed by atoms with Crippen LogP contribution in [-0.4, -0.2) is 76.5 Å². The molecule has 8 heteroatoms. The minimum absolute atomic E-state index is 0.161. The van der Waals surface area contributed by atoms with Crippen LogP contribution in [0.2, 0.25) is 0 Å². The number of aryl methyl sites for hydroxylation is 1. The van der Waals surface area contributed by atoms with Gasteiger partial charge in [0.05, 0.1) is 18.1 Å². The van der Waals surface area contributed by atoms with Crippen LogP contribution in [0.4, 0.5) is 0 Å². The maximum absolute atomic E-state index is 12.7. The first-order valence-corrected chi connectivity index (χ1v) is 10.7. The number of carbonyl (C=O) groups is 1. The number of benzene rings is 1. The van der Waals surface area contributed by atoms with E-state index in [1.807, 2.05) is 0 Å². The summed E-state index contributed by atoms with van der Waals surface area (Å²) in [6.45, 7) is 9.65. The Balaban J connectivity index is 2.13. The van der Waals surface area contributed by atoms with Gasteiger partial charge in [0.1, 0.15) is 0 Å². The number of amides is 1. The summed E-state index contributed by atoms with van der Waals surface area (Å²) in [5.41, 5.74) is 0.971. The molecule has 0 aliphatic carbocycles. The van der Waals surface area contributed by atoms with Crippen LogP contribution < -0.4 is 5.32 Å².